The molecule has 0 saturated heterocycles. The largest absolute Gasteiger partial charge is 0.493 e. The van der Waals surface area contributed by atoms with Gasteiger partial charge in [0, 0.05) is 25.7 Å². The van der Waals surface area contributed by atoms with Gasteiger partial charge in [-0.2, -0.15) is 0 Å². The van der Waals surface area contributed by atoms with Gasteiger partial charge in [0.05, 0.1) is 13.0 Å². The number of hydrogen-bond acceptors (Lipinski definition) is 3. The molecule has 0 heterocycles. The summed E-state index contributed by atoms with van der Waals surface area (Å²) in [5.41, 5.74) is 6.38. The lowest BCUT2D eigenvalue weighted by Gasteiger charge is -2.11. The van der Waals surface area contributed by atoms with Crippen LogP contribution in [-0.4, -0.2) is 31.5 Å². The lowest BCUT2D eigenvalue weighted by atomic mass is 10.2. The van der Waals surface area contributed by atoms with E-state index in [4.69, 9.17) is 22.1 Å². The zero-order chi connectivity index (χ0) is 12.8. The van der Waals surface area contributed by atoms with Crippen molar-refractivity contribution in [3.05, 3.63) is 28.8 Å². The zero-order valence-corrected chi connectivity index (χ0v) is 10.8. The number of amides is 1. The molecule has 0 fully saturated rings. The number of rotatable bonds is 5. The standard InChI is InChI=1S/C12H17ClN2O2/c1-15(2)12(16)5-6-17-10-4-3-9(8-14)11(13)7-10/h3-4,7H,5-6,8,14H2,1-2H3. The number of hydrogen-bond donors (Lipinski definition) is 1. The molecule has 0 bridgehead atoms. The van der Waals surface area contributed by atoms with Crippen molar-refractivity contribution in [1.29, 1.82) is 0 Å². The monoisotopic (exact) mass is 256 g/mol. The molecule has 0 unspecified atom stereocenters. The molecule has 4 nitrogen and oxygen atoms in total. The fourth-order valence-corrected chi connectivity index (χ4v) is 1.51. The average molecular weight is 257 g/mol. The molecule has 0 radical (unpaired) electrons. The Labute approximate surface area is 106 Å². The van der Waals surface area contributed by atoms with Crippen molar-refractivity contribution in [2.24, 2.45) is 5.73 Å². The van der Waals surface area contributed by atoms with Gasteiger partial charge in [0.2, 0.25) is 5.91 Å². The zero-order valence-electron chi connectivity index (χ0n) is 10.1. The second kappa shape index (κ2) is 6.47. The molecule has 0 aliphatic carbocycles. The Morgan fingerprint density at radius 1 is 1.47 bits per heavy atom. The molecule has 1 amide bonds. The van der Waals surface area contributed by atoms with Crippen LogP contribution in [0.25, 0.3) is 0 Å². The maximum Gasteiger partial charge on any atom is 0.225 e. The van der Waals surface area contributed by atoms with Crippen LogP contribution >= 0.6 is 11.6 Å². The van der Waals surface area contributed by atoms with E-state index in [2.05, 4.69) is 0 Å². The van der Waals surface area contributed by atoms with E-state index in [1.165, 1.54) is 4.90 Å². The predicted octanol–water partition coefficient (Wildman–Crippen LogP) is 1.66. The first-order valence-electron chi connectivity index (χ1n) is 5.36. The van der Waals surface area contributed by atoms with Crippen molar-refractivity contribution in [3.8, 4) is 5.75 Å². The predicted molar refractivity (Wildman–Crippen MR) is 68.1 cm³/mol. The number of nitrogens with two attached hydrogens (primary N) is 1. The van der Waals surface area contributed by atoms with Gasteiger partial charge in [0.1, 0.15) is 5.75 Å². The quantitative estimate of drug-likeness (QED) is 0.872. The van der Waals surface area contributed by atoms with Crippen molar-refractivity contribution in [2.75, 3.05) is 20.7 Å². The highest BCUT2D eigenvalue weighted by Gasteiger charge is 2.05. The number of carbonyl (C=O) groups excluding carboxylic acids is 1. The molecule has 94 valence electrons. The van der Waals surface area contributed by atoms with Gasteiger partial charge in [-0.15, -0.1) is 0 Å². The first-order valence-corrected chi connectivity index (χ1v) is 5.74. The molecule has 0 aliphatic rings. The first kappa shape index (κ1) is 13.8. The first-order chi connectivity index (χ1) is 8.04. The smallest absolute Gasteiger partial charge is 0.225 e. The SMILES string of the molecule is CN(C)C(=O)CCOc1ccc(CN)c(Cl)c1. The third-order valence-corrected chi connectivity index (χ3v) is 2.68. The Morgan fingerprint density at radius 3 is 2.71 bits per heavy atom. The van der Waals surface area contributed by atoms with E-state index in [0.29, 0.717) is 30.3 Å². The molecule has 0 atom stereocenters. The fraction of sp³-hybridized carbons (Fsp3) is 0.417. The van der Waals surface area contributed by atoms with E-state index in [1.807, 2.05) is 6.07 Å². The van der Waals surface area contributed by atoms with E-state index in [0.717, 1.165) is 5.56 Å². The molecule has 2 N–H and O–H groups in total. The van der Waals surface area contributed by atoms with E-state index in [1.54, 1.807) is 26.2 Å². The highest BCUT2D eigenvalue weighted by molar-refractivity contribution is 6.31. The Kier molecular flexibility index (Phi) is 5.25. The summed E-state index contributed by atoms with van der Waals surface area (Å²) in [6, 6.07) is 5.34. The number of nitrogens with zero attached hydrogens (tertiary/aromatic N) is 1. The van der Waals surface area contributed by atoms with E-state index in [9.17, 15) is 4.79 Å². The minimum absolute atomic E-state index is 0.0367. The molecule has 0 spiro atoms. The normalized spacial score (nSPS) is 10.1. The second-order valence-corrected chi connectivity index (χ2v) is 4.25. The third-order valence-electron chi connectivity index (χ3n) is 2.33. The van der Waals surface area contributed by atoms with E-state index in [-0.39, 0.29) is 5.91 Å². The van der Waals surface area contributed by atoms with Crippen LogP contribution < -0.4 is 10.5 Å². The fourth-order valence-electron chi connectivity index (χ4n) is 1.26. The second-order valence-electron chi connectivity index (χ2n) is 3.84. The Hall–Kier alpha value is -1.26. The van der Waals surface area contributed by atoms with Gasteiger partial charge in [0.25, 0.3) is 0 Å². The van der Waals surface area contributed by atoms with Gasteiger partial charge in [0.15, 0.2) is 0 Å². The number of ether oxygens (including phenoxy) is 1. The van der Waals surface area contributed by atoms with Crippen LogP contribution in [0.3, 0.4) is 0 Å². The summed E-state index contributed by atoms with van der Waals surface area (Å²) in [5.74, 6) is 0.688. The lowest BCUT2D eigenvalue weighted by molar-refractivity contribution is -0.129. The van der Waals surface area contributed by atoms with Crippen LogP contribution in [0, 0.1) is 0 Å². The Morgan fingerprint density at radius 2 is 2.18 bits per heavy atom. The molecule has 1 aromatic carbocycles. The van der Waals surface area contributed by atoms with Gasteiger partial charge < -0.3 is 15.4 Å². The summed E-state index contributed by atoms with van der Waals surface area (Å²) in [7, 11) is 3.44. The summed E-state index contributed by atoms with van der Waals surface area (Å²) in [6.07, 6.45) is 0.350. The summed E-state index contributed by atoms with van der Waals surface area (Å²) < 4.78 is 5.43. The molecular formula is C12H17ClN2O2. The van der Waals surface area contributed by atoms with Gasteiger partial charge in [-0.25, -0.2) is 0 Å². The Balaban J connectivity index is 2.47. The van der Waals surface area contributed by atoms with Crippen molar-refractivity contribution in [1.82, 2.24) is 4.90 Å². The van der Waals surface area contributed by atoms with Crippen molar-refractivity contribution in [3.63, 3.8) is 0 Å². The van der Waals surface area contributed by atoms with Crippen molar-refractivity contribution < 1.29 is 9.53 Å². The summed E-state index contributed by atoms with van der Waals surface area (Å²) >= 11 is 5.99. The highest BCUT2D eigenvalue weighted by Crippen LogP contribution is 2.22. The molecule has 1 aromatic rings. The molecular weight excluding hydrogens is 240 g/mol. The van der Waals surface area contributed by atoms with Crippen LogP contribution in [-0.2, 0) is 11.3 Å². The topological polar surface area (TPSA) is 55.6 Å². The molecule has 0 saturated carbocycles. The van der Waals surface area contributed by atoms with E-state index >= 15 is 0 Å². The van der Waals surface area contributed by atoms with Crippen LogP contribution in [0.5, 0.6) is 5.75 Å². The van der Waals surface area contributed by atoms with Gasteiger partial charge in [-0.3, -0.25) is 4.79 Å². The van der Waals surface area contributed by atoms with Crippen molar-refractivity contribution >= 4 is 17.5 Å². The minimum atomic E-state index is 0.0367. The molecule has 1 rings (SSSR count). The average Bonchev–Trinajstić information content (AvgIpc) is 2.29. The van der Waals surface area contributed by atoms with Gasteiger partial charge in [-0.05, 0) is 17.7 Å². The summed E-state index contributed by atoms with van der Waals surface area (Å²) in [6.45, 7) is 0.744. The lowest BCUT2D eigenvalue weighted by Crippen LogP contribution is -2.23. The van der Waals surface area contributed by atoms with Crippen LogP contribution in [0.1, 0.15) is 12.0 Å². The van der Waals surface area contributed by atoms with Gasteiger partial charge in [-0.1, -0.05) is 17.7 Å². The number of halogens is 1. The maximum absolute atomic E-state index is 11.3. The van der Waals surface area contributed by atoms with Crippen LogP contribution in [0.2, 0.25) is 5.02 Å². The minimum Gasteiger partial charge on any atom is -0.493 e. The third kappa shape index (κ3) is 4.24. The van der Waals surface area contributed by atoms with E-state index < -0.39 is 0 Å². The number of benzene rings is 1. The maximum atomic E-state index is 11.3. The van der Waals surface area contributed by atoms with Gasteiger partial charge >= 0.3 is 0 Å². The van der Waals surface area contributed by atoms with Crippen molar-refractivity contribution in [2.45, 2.75) is 13.0 Å². The molecule has 0 aromatic heterocycles. The summed E-state index contributed by atoms with van der Waals surface area (Å²) in [4.78, 5) is 12.8. The molecule has 17 heavy (non-hydrogen) atoms. The highest BCUT2D eigenvalue weighted by atomic mass is 35.5. The summed E-state index contributed by atoms with van der Waals surface area (Å²) in [5, 5.41) is 0.587. The van der Waals surface area contributed by atoms with Crippen LogP contribution in [0.15, 0.2) is 18.2 Å². The number of carbonyl (C=O) groups is 1. The molecule has 0 aliphatic heterocycles. The Bertz CT molecular complexity index is 394. The van der Waals surface area contributed by atoms with Crippen LogP contribution in [0.4, 0.5) is 0 Å². The molecule has 5 heteroatoms.